The zero-order valence-corrected chi connectivity index (χ0v) is 13.0. The van der Waals surface area contributed by atoms with Crippen LogP contribution in [0.2, 0.25) is 0 Å². The third-order valence-electron chi connectivity index (χ3n) is 3.30. The van der Waals surface area contributed by atoms with Crippen LogP contribution >= 0.6 is 0 Å². The first-order chi connectivity index (χ1) is 10.5. The SMILES string of the molecule is CCOC(=O)C1=C(CN(C)Cc2ccco2)NC(=O)NC1C. The maximum atomic E-state index is 12.1. The maximum Gasteiger partial charge on any atom is 0.337 e. The summed E-state index contributed by atoms with van der Waals surface area (Å²) in [5.41, 5.74) is 1.01. The number of urea groups is 1. The Morgan fingerprint density at radius 2 is 2.23 bits per heavy atom. The molecule has 0 radical (unpaired) electrons. The van der Waals surface area contributed by atoms with E-state index in [2.05, 4.69) is 10.6 Å². The highest BCUT2D eigenvalue weighted by Gasteiger charge is 2.30. The Hall–Kier alpha value is -2.28. The molecule has 0 fully saturated rings. The molecular weight excluding hydrogens is 286 g/mol. The summed E-state index contributed by atoms with van der Waals surface area (Å²) in [6.07, 6.45) is 1.61. The van der Waals surface area contributed by atoms with Crippen molar-refractivity contribution in [2.24, 2.45) is 0 Å². The molecule has 2 heterocycles. The highest BCUT2D eigenvalue weighted by atomic mass is 16.5. The predicted octanol–water partition coefficient (Wildman–Crippen LogP) is 1.23. The lowest BCUT2D eigenvalue weighted by atomic mass is 10.0. The van der Waals surface area contributed by atoms with Crippen LogP contribution in [0.3, 0.4) is 0 Å². The van der Waals surface area contributed by atoms with E-state index in [0.717, 1.165) is 5.76 Å². The third kappa shape index (κ3) is 3.88. The van der Waals surface area contributed by atoms with Gasteiger partial charge in [0, 0.05) is 12.2 Å². The predicted molar refractivity (Wildman–Crippen MR) is 79.8 cm³/mol. The summed E-state index contributed by atoms with van der Waals surface area (Å²) in [5.74, 6) is 0.401. The van der Waals surface area contributed by atoms with Crippen molar-refractivity contribution < 1.29 is 18.7 Å². The number of hydrogen-bond acceptors (Lipinski definition) is 5. The minimum atomic E-state index is -0.413. The smallest absolute Gasteiger partial charge is 0.337 e. The van der Waals surface area contributed by atoms with Gasteiger partial charge in [-0.1, -0.05) is 0 Å². The van der Waals surface area contributed by atoms with E-state index in [1.165, 1.54) is 0 Å². The number of amides is 2. The lowest BCUT2D eigenvalue weighted by Gasteiger charge is -2.28. The highest BCUT2D eigenvalue weighted by Crippen LogP contribution is 2.16. The van der Waals surface area contributed by atoms with Crippen LogP contribution in [0.4, 0.5) is 4.79 Å². The molecule has 2 N–H and O–H groups in total. The number of likely N-dealkylation sites (N-methyl/N-ethyl adjacent to an activating group) is 1. The summed E-state index contributed by atoms with van der Waals surface area (Å²) < 4.78 is 10.4. The molecule has 7 nitrogen and oxygen atoms in total. The van der Waals surface area contributed by atoms with Crippen molar-refractivity contribution in [1.82, 2.24) is 15.5 Å². The molecule has 1 unspecified atom stereocenters. The number of nitrogens with zero attached hydrogens (tertiary/aromatic N) is 1. The second-order valence-corrected chi connectivity index (χ2v) is 5.18. The Balaban J connectivity index is 2.15. The lowest BCUT2D eigenvalue weighted by Crippen LogP contribution is -2.51. The molecular formula is C15H21N3O4. The third-order valence-corrected chi connectivity index (χ3v) is 3.30. The molecule has 120 valence electrons. The molecule has 0 aromatic carbocycles. The number of furan rings is 1. The summed E-state index contributed by atoms with van der Waals surface area (Å²) in [6.45, 7) is 4.79. The fourth-order valence-corrected chi connectivity index (χ4v) is 2.40. The number of ether oxygens (including phenoxy) is 1. The number of carbonyl (C=O) groups excluding carboxylic acids is 2. The largest absolute Gasteiger partial charge is 0.468 e. The fourth-order valence-electron chi connectivity index (χ4n) is 2.40. The maximum absolute atomic E-state index is 12.1. The quantitative estimate of drug-likeness (QED) is 0.772. The summed E-state index contributed by atoms with van der Waals surface area (Å²) >= 11 is 0. The van der Waals surface area contributed by atoms with Gasteiger partial charge in [-0.05, 0) is 33.0 Å². The first-order valence-electron chi connectivity index (χ1n) is 7.19. The first-order valence-corrected chi connectivity index (χ1v) is 7.19. The monoisotopic (exact) mass is 307 g/mol. The van der Waals surface area contributed by atoms with E-state index >= 15 is 0 Å². The van der Waals surface area contributed by atoms with Crippen LogP contribution in [0, 0.1) is 0 Å². The van der Waals surface area contributed by atoms with Gasteiger partial charge in [-0.3, -0.25) is 4.90 Å². The molecule has 0 saturated heterocycles. The van der Waals surface area contributed by atoms with Gasteiger partial charge in [-0.15, -0.1) is 0 Å². The van der Waals surface area contributed by atoms with Crippen LogP contribution in [0.1, 0.15) is 19.6 Å². The molecule has 1 atom stereocenters. The van der Waals surface area contributed by atoms with E-state index in [-0.39, 0.29) is 12.1 Å². The van der Waals surface area contributed by atoms with Crippen molar-refractivity contribution in [2.45, 2.75) is 26.4 Å². The summed E-state index contributed by atoms with van der Waals surface area (Å²) in [7, 11) is 1.89. The van der Waals surface area contributed by atoms with Gasteiger partial charge in [0.1, 0.15) is 5.76 Å². The van der Waals surface area contributed by atoms with Crippen LogP contribution in [-0.4, -0.2) is 43.1 Å². The van der Waals surface area contributed by atoms with E-state index in [4.69, 9.17) is 9.15 Å². The van der Waals surface area contributed by atoms with Gasteiger partial charge in [0.05, 0.1) is 31.0 Å². The van der Waals surface area contributed by atoms with Crippen molar-refractivity contribution in [3.05, 3.63) is 35.4 Å². The molecule has 0 aliphatic carbocycles. The highest BCUT2D eigenvalue weighted by molar-refractivity contribution is 5.94. The van der Waals surface area contributed by atoms with Crippen LogP contribution in [0.15, 0.2) is 34.1 Å². The van der Waals surface area contributed by atoms with Gasteiger partial charge < -0.3 is 19.8 Å². The summed E-state index contributed by atoms with van der Waals surface area (Å²) in [5, 5.41) is 5.37. The number of nitrogens with one attached hydrogen (secondary N) is 2. The second-order valence-electron chi connectivity index (χ2n) is 5.18. The van der Waals surface area contributed by atoms with Crippen LogP contribution in [0.5, 0.6) is 0 Å². The van der Waals surface area contributed by atoms with E-state index in [1.54, 1.807) is 20.1 Å². The molecule has 1 aliphatic rings. The first kappa shape index (κ1) is 16.1. The standard InChI is InChI=1S/C15H21N3O4/c1-4-21-14(19)13-10(2)16-15(20)17-12(13)9-18(3)8-11-6-5-7-22-11/h5-7,10H,4,8-9H2,1-3H3,(H2,16,17,20). The zero-order chi connectivity index (χ0) is 16.1. The van der Waals surface area contributed by atoms with Gasteiger partial charge in [-0.25, -0.2) is 9.59 Å². The van der Waals surface area contributed by atoms with Gasteiger partial charge in [-0.2, -0.15) is 0 Å². The average Bonchev–Trinajstić information content (AvgIpc) is 2.90. The molecule has 0 bridgehead atoms. The fraction of sp³-hybridized carbons (Fsp3) is 0.467. The number of rotatable bonds is 6. The molecule has 0 saturated carbocycles. The van der Waals surface area contributed by atoms with Crippen LogP contribution in [0.25, 0.3) is 0 Å². The zero-order valence-electron chi connectivity index (χ0n) is 13.0. The van der Waals surface area contributed by atoms with E-state index in [9.17, 15) is 9.59 Å². The van der Waals surface area contributed by atoms with Crippen molar-refractivity contribution in [2.75, 3.05) is 20.2 Å². The number of hydrogen-bond donors (Lipinski definition) is 2. The van der Waals surface area contributed by atoms with Crippen LogP contribution < -0.4 is 10.6 Å². The van der Waals surface area contributed by atoms with E-state index < -0.39 is 5.97 Å². The molecule has 2 amide bonds. The lowest BCUT2D eigenvalue weighted by molar-refractivity contribution is -0.139. The van der Waals surface area contributed by atoms with Gasteiger partial charge in [0.25, 0.3) is 0 Å². The van der Waals surface area contributed by atoms with E-state index in [1.807, 2.05) is 24.1 Å². The second kappa shape index (κ2) is 7.13. The van der Waals surface area contributed by atoms with Crippen LogP contribution in [-0.2, 0) is 16.1 Å². The Labute approximate surface area is 129 Å². The number of esters is 1. The van der Waals surface area contributed by atoms with Crippen molar-refractivity contribution in [1.29, 1.82) is 0 Å². The average molecular weight is 307 g/mol. The normalized spacial score (nSPS) is 18.2. The molecule has 22 heavy (non-hydrogen) atoms. The Kier molecular flexibility index (Phi) is 5.21. The minimum absolute atomic E-state index is 0.290. The van der Waals surface area contributed by atoms with Crippen molar-refractivity contribution >= 4 is 12.0 Å². The Morgan fingerprint density at radius 3 is 2.86 bits per heavy atom. The molecule has 1 aliphatic heterocycles. The van der Waals surface area contributed by atoms with Crippen molar-refractivity contribution in [3.63, 3.8) is 0 Å². The summed E-state index contributed by atoms with van der Waals surface area (Å²) in [6, 6.07) is 2.99. The van der Waals surface area contributed by atoms with Gasteiger partial charge in [0.15, 0.2) is 0 Å². The molecule has 1 aromatic heterocycles. The van der Waals surface area contributed by atoms with Gasteiger partial charge >= 0.3 is 12.0 Å². The van der Waals surface area contributed by atoms with Crippen molar-refractivity contribution in [3.8, 4) is 0 Å². The minimum Gasteiger partial charge on any atom is -0.468 e. The number of carbonyl (C=O) groups is 2. The summed E-state index contributed by atoms with van der Waals surface area (Å²) in [4.78, 5) is 25.7. The molecule has 0 spiro atoms. The Morgan fingerprint density at radius 1 is 1.45 bits per heavy atom. The molecule has 2 rings (SSSR count). The molecule has 7 heteroatoms. The van der Waals surface area contributed by atoms with Gasteiger partial charge in [0.2, 0.25) is 0 Å². The molecule has 1 aromatic rings. The van der Waals surface area contributed by atoms with E-state index in [0.29, 0.717) is 31.0 Å². The topological polar surface area (TPSA) is 83.8 Å². The Bertz CT molecular complexity index is 565.